The number of H-pyrrole nitrogens is 4. The van der Waals surface area contributed by atoms with E-state index >= 15 is 0 Å². The van der Waals surface area contributed by atoms with Crippen molar-refractivity contribution in [2.75, 3.05) is 0 Å². The molecule has 6 aromatic rings. The summed E-state index contributed by atoms with van der Waals surface area (Å²) in [5, 5.41) is 24.0. The number of aliphatic hydroxyl groups is 1. The van der Waals surface area contributed by atoms with E-state index in [1.54, 1.807) is 44.6 Å². The lowest BCUT2D eigenvalue weighted by Gasteiger charge is -1.94. The third kappa shape index (κ3) is 13.4. The Balaban J connectivity index is 0.000000228. The maximum Gasteiger partial charge on any atom is 0.352 e. The minimum atomic E-state index is -0.921. The van der Waals surface area contributed by atoms with Crippen LogP contribution in [0.25, 0.3) is 5.76 Å². The van der Waals surface area contributed by atoms with Crippen molar-refractivity contribution in [3.05, 3.63) is 137 Å². The van der Waals surface area contributed by atoms with Crippen LogP contribution < -0.4 is 0 Å². The number of carbonyl (C=O) groups is 4. The van der Waals surface area contributed by atoms with Crippen LogP contribution in [-0.4, -0.2) is 72.8 Å². The van der Waals surface area contributed by atoms with Crippen LogP contribution >= 0.6 is 0 Å². The van der Waals surface area contributed by atoms with Gasteiger partial charge in [-0.3, -0.25) is 19.5 Å². The van der Waals surface area contributed by atoms with Gasteiger partial charge >= 0.3 is 5.97 Å². The van der Waals surface area contributed by atoms with Gasteiger partial charge < -0.3 is 34.3 Å². The molecular formula is C36H44N8O6. The van der Waals surface area contributed by atoms with E-state index < -0.39 is 11.8 Å². The highest BCUT2D eigenvalue weighted by Crippen LogP contribution is 2.15. The van der Waals surface area contributed by atoms with E-state index in [0.717, 1.165) is 34.3 Å². The predicted molar refractivity (Wildman–Crippen MR) is 190 cm³/mol. The first-order valence-corrected chi connectivity index (χ1v) is 15.3. The van der Waals surface area contributed by atoms with Gasteiger partial charge in [-0.05, 0) is 84.0 Å². The Morgan fingerprint density at radius 2 is 1.32 bits per heavy atom. The summed E-state index contributed by atoms with van der Waals surface area (Å²) in [6, 6.07) is 12.7. The smallest absolute Gasteiger partial charge is 0.352 e. The van der Waals surface area contributed by atoms with Crippen LogP contribution in [0.3, 0.4) is 0 Å². The summed E-state index contributed by atoms with van der Waals surface area (Å²) in [6.45, 7) is 11.0. The van der Waals surface area contributed by atoms with E-state index in [1.807, 2.05) is 87.6 Å². The number of carbonyl (C=O) groups excluding carboxylic acids is 3. The number of aromatic amines is 4. The molecule has 14 heteroatoms. The van der Waals surface area contributed by atoms with Gasteiger partial charge in [0, 0.05) is 90.6 Å². The fraction of sp³-hybridized carbons (Fsp3) is 0.222. The molecule has 6 N–H and O–H groups in total. The van der Waals surface area contributed by atoms with Gasteiger partial charge in [-0.1, -0.05) is 0 Å². The van der Waals surface area contributed by atoms with Crippen molar-refractivity contribution in [3.63, 3.8) is 0 Å². The molecule has 0 aliphatic rings. The number of hydrogen-bond acceptors (Lipinski definition) is 7. The van der Waals surface area contributed by atoms with Crippen LogP contribution in [0.1, 0.15) is 84.0 Å². The Morgan fingerprint density at radius 3 is 1.62 bits per heavy atom. The van der Waals surface area contributed by atoms with E-state index in [1.165, 1.54) is 18.1 Å². The Hall–Kier alpha value is -6.44. The molecule has 0 aromatic carbocycles. The summed E-state index contributed by atoms with van der Waals surface area (Å²) >= 11 is 0. The number of aliphatic hydroxyl groups excluding tert-OH is 1. The molecule has 0 radical (unpaired) electrons. The Morgan fingerprint density at radius 1 is 0.740 bits per heavy atom. The van der Waals surface area contributed by atoms with Crippen LogP contribution in [0.2, 0.25) is 0 Å². The monoisotopic (exact) mass is 684 g/mol. The lowest BCUT2D eigenvalue weighted by molar-refractivity contribution is 0.0690. The number of nitrogens with zero attached hydrogens (tertiary/aromatic N) is 4. The predicted octanol–water partition coefficient (Wildman–Crippen LogP) is 6.33. The molecule has 6 heterocycles. The summed E-state index contributed by atoms with van der Waals surface area (Å²) in [7, 11) is 3.80. The maximum absolute atomic E-state index is 11.6. The third-order valence-corrected chi connectivity index (χ3v) is 6.94. The molecule has 0 spiro atoms. The van der Waals surface area contributed by atoms with Gasteiger partial charge in [0.25, 0.3) is 0 Å². The standard InChI is InChI=1S/C11H12N4O2.C8H11NO.C7H9NO.C5H5NO2.C5H7N/c1-7-3-8(5-15(7)2)9(16)4-10(17)11-12-6-13-14-11;1-6-4-8(7(2)10)5-9(6)3;1-5-3-7(4-8-5)6(2)9;7-5(8)4-2-1-3-6-4;1-5-3-2-4-6-5/h3-6,16H,1-2H3,(H,12,13,14);4-5H,1-3H3;3-4,8H,1-2H3;1-3,6H,(H,7,8);2-4,6H,1H3. The first kappa shape index (κ1) is 39.7. The van der Waals surface area contributed by atoms with E-state index in [0.29, 0.717) is 5.56 Å². The van der Waals surface area contributed by atoms with Crippen molar-refractivity contribution in [2.24, 2.45) is 14.1 Å². The molecule has 14 nitrogen and oxygen atoms in total. The number of ketones is 3. The molecule has 0 aliphatic carbocycles. The van der Waals surface area contributed by atoms with Crippen LogP contribution in [0.5, 0.6) is 0 Å². The Labute approximate surface area is 289 Å². The summed E-state index contributed by atoms with van der Waals surface area (Å²) in [5.41, 5.74) is 6.72. The molecule has 0 saturated carbocycles. The second kappa shape index (κ2) is 19.4. The van der Waals surface area contributed by atoms with E-state index in [2.05, 4.69) is 30.1 Å². The van der Waals surface area contributed by atoms with Crippen LogP contribution in [0, 0.1) is 27.7 Å². The number of aryl methyl sites for hydroxylation is 6. The summed E-state index contributed by atoms with van der Waals surface area (Å²) in [5.74, 6) is -1.08. The van der Waals surface area contributed by atoms with Gasteiger partial charge in [-0.25, -0.2) is 9.78 Å². The summed E-state index contributed by atoms with van der Waals surface area (Å²) in [4.78, 5) is 55.2. The van der Waals surface area contributed by atoms with Crippen molar-refractivity contribution in [1.29, 1.82) is 0 Å². The van der Waals surface area contributed by atoms with E-state index in [-0.39, 0.29) is 28.8 Å². The summed E-state index contributed by atoms with van der Waals surface area (Å²) < 4.78 is 3.80. The molecule has 6 rings (SSSR count). The number of rotatable bonds is 6. The number of allylic oxidation sites excluding steroid dienone is 1. The maximum atomic E-state index is 11.6. The number of Topliss-reactive ketones (excluding diaryl/α,β-unsaturated/α-hetero) is 2. The second-order valence-electron chi connectivity index (χ2n) is 11.1. The van der Waals surface area contributed by atoms with E-state index in [9.17, 15) is 24.3 Å². The zero-order valence-electron chi connectivity index (χ0n) is 29.4. The van der Waals surface area contributed by atoms with Crippen LogP contribution in [-0.2, 0) is 14.1 Å². The molecule has 0 bridgehead atoms. The molecule has 264 valence electrons. The number of aromatic nitrogens is 8. The van der Waals surface area contributed by atoms with Gasteiger partial charge in [-0.15, -0.1) is 0 Å². The largest absolute Gasteiger partial charge is 0.507 e. The molecule has 0 atom stereocenters. The molecule has 0 amide bonds. The highest BCUT2D eigenvalue weighted by atomic mass is 16.4. The van der Waals surface area contributed by atoms with Crippen molar-refractivity contribution in [2.45, 2.75) is 41.5 Å². The zero-order chi connectivity index (χ0) is 37.4. The molecule has 0 fully saturated rings. The lowest BCUT2D eigenvalue weighted by atomic mass is 10.2. The molecule has 0 unspecified atom stereocenters. The average molecular weight is 685 g/mol. The third-order valence-electron chi connectivity index (χ3n) is 6.94. The van der Waals surface area contributed by atoms with Crippen LogP contribution in [0.15, 0.2) is 85.9 Å². The molecule has 6 aromatic heterocycles. The SMILES string of the molecule is CC(=O)c1c[nH]c(C)c1.CC(=O)c1cc(C)n(C)c1.Cc1cc(C(O)=CC(=O)c2ncn[nH]2)cn1C.Cc1ccc[nH]1.O=C(O)c1ccc[nH]1. The molecule has 50 heavy (non-hydrogen) atoms. The molecular weight excluding hydrogens is 640 g/mol. The Bertz CT molecular complexity index is 1930. The first-order valence-electron chi connectivity index (χ1n) is 15.3. The van der Waals surface area contributed by atoms with Crippen molar-refractivity contribution in [3.8, 4) is 0 Å². The molecule has 0 saturated heterocycles. The first-order chi connectivity index (χ1) is 23.6. The number of hydrogen-bond donors (Lipinski definition) is 6. The van der Waals surface area contributed by atoms with Gasteiger partial charge in [0.1, 0.15) is 17.8 Å². The number of carboxylic acids is 1. The normalized spacial score (nSPS) is 10.2. The highest BCUT2D eigenvalue weighted by Gasteiger charge is 2.10. The van der Waals surface area contributed by atoms with Crippen molar-refractivity contribution in [1.82, 2.24) is 39.3 Å². The van der Waals surface area contributed by atoms with Crippen molar-refractivity contribution >= 4 is 29.1 Å². The fourth-order valence-electron chi connectivity index (χ4n) is 3.88. The van der Waals surface area contributed by atoms with Gasteiger partial charge in [0.2, 0.25) is 5.78 Å². The second-order valence-corrected chi connectivity index (χ2v) is 11.1. The minimum absolute atomic E-state index is 0.0879. The molecule has 0 aliphatic heterocycles. The highest BCUT2D eigenvalue weighted by molar-refractivity contribution is 6.05. The van der Waals surface area contributed by atoms with Gasteiger partial charge in [0.15, 0.2) is 17.4 Å². The number of carboxylic acid groups (broad SMARTS) is 1. The average Bonchev–Trinajstić information content (AvgIpc) is 3.90. The van der Waals surface area contributed by atoms with E-state index in [4.69, 9.17) is 5.11 Å². The zero-order valence-corrected chi connectivity index (χ0v) is 29.4. The number of nitrogens with one attached hydrogen (secondary N) is 4. The topological polar surface area (TPSA) is 208 Å². The van der Waals surface area contributed by atoms with Gasteiger partial charge in [-0.2, -0.15) is 5.10 Å². The van der Waals surface area contributed by atoms with Crippen LogP contribution in [0.4, 0.5) is 0 Å². The lowest BCUT2D eigenvalue weighted by Crippen LogP contribution is -1.99. The Kier molecular flexibility index (Phi) is 15.4. The fourth-order valence-corrected chi connectivity index (χ4v) is 3.88. The number of aromatic carboxylic acids is 1. The minimum Gasteiger partial charge on any atom is -0.507 e. The van der Waals surface area contributed by atoms with Gasteiger partial charge in [0.05, 0.1) is 0 Å². The quantitative estimate of drug-likeness (QED) is 0.0662. The summed E-state index contributed by atoms with van der Waals surface area (Å²) in [6.07, 6.45) is 11.2. The van der Waals surface area contributed by atoms with Crippen molar-refractivity contribution < 1.29 is 29.4 Å².